The van der Waals surface area contributed by atoms with Crippen LogP contribution in [0.2, 0.25) is 0 Å². The van der Waals surface area contributed by atoms with Crippen LogP contribution in [-0.4, -0.2) is 35.3 Å². The van der Waals surface area contributed by atoms with Gasteiger partial charge in [0.1, 0.15) is 0 Å². The number of aromatic hydroxyl groups is 2. The Labute approximate surface area is 113 Å². The van der Waals surface area contributed by atoms with E-state index in [1.165, 1.54) is 6.07 Å². The summed E-state index contributed by atoms with van der Waals surface area (Å²) in [5.41, 5.74) is 6.02. The molecule has 4 nitrogen and oxygen atoms in total. The second kappa shape index (κ2) is 5.03. The molecule has 2 rings (SSSR count). The quantitative estimate of drug-likeness (QED) is 0.729. The van der Waals surface area contributed by atoms with E-state index in [0.29, 0.717) is 22.5 Å². The monoisotopic (exact) mass is 318 g/mol. The summed E-state index contributed by atoms with van der Waals surface area (Å²) < 4.78 is 14.5. The standard InChI is InChI=1S/C12H16BrFN2O2/c1-16-5-6(4-15)2-8(16)10-7(13)3-9(17)12(18)11(10)14/h3,6,8,17-18H,2,4-5,15H2,1H3. The highest BCUT2D eigenvalue weighted by atomic mass is 79.9. The van der Waals surface area contributed by atoms with Crippen LogP contribution >= 0.6 is 15.9 Å². The van der Waals surface area contributed by atoms with Gasteiger partial charge in [0.25, 0.3) is 0 Å². The van der Waals surface area contributed by atoms with E-state index in [4.69, 9.17) is 5.73 Å². The Balaban J connectivity index is 2.43. The van der Waals surface area contributed by atoms with E-state index >= 15 is 0 Å². The molecule has 18 heavy (non-hydrogen) atoms. The van der Waals surface area contributed by atoms with E-state index in [0.717, 1.165) is 13.0 Å². The minimum atomic E-state index is -0.767. The number of hydrogen-bond donors (Lipinski definition) is 3. The van der Waals surface area contributed by atoms with Crippen molar-refractivity contribution in [1.82, 2.24) is 4.90 Å². The van der Waals surface area contributed by atoms with Crippen LogP contribution in [0, 0.1) is 11.7 Å². The van der Waals surface area contributed by atoms with Gasteiger partial charge >= 0.3 is 0 Å². The number of hydrogen-bond acceptors (Lipinski definition) is 4. The normalized spacial score (nSPS) is 24.7. The van der Waals surface area contributed by atoms with Gasteiger partial charge in [0.15, 0.2) is 17.3 Å². The van der Waals surface area contributed by atoms with Crippen molar-refractivity contribution in [3.05, 3.63) is 21.9 Å². The number of rotatable bonds is 2. The van der Waals surface area contributed by atoms with Crippen molar-refractivity contribution in [3.8, 4) is 11.5 Å². The van der Waals surface area contributed by atoms with Crippen LogP contribution in [-0.2, 0) is 0 Å². The molecule has 2 atom stereocenters. The van der Waals surface area contributed by atoms with Crippen molar-refractivity contribution < 1.29 is 14.6 Å². The predicted molar refractivity (Wildman–Crippen MR) is 70.0 cm³/mol. The highest BCUT2D eigenvalue weighted by Crippen LogP contribution is 2.43. The molecule has 0 amide bonds. The van der Waals surface area contributed by atoms with E-state index in [2.05, 4.69) is 15.9 Å². The first kappa shape index (κ1) is 13.6. The van der Waals surface area contributed by atoms with Crippen molar-refractivity contribution in [2.24, 2.45) is 11.7 Å². The third-order valence-corrected chi connectivity index (χ3v) is 4.17. The molecule has 4 N–H and O–H groups in total. The molecule has 2 unspecified atom stereocenters. The average Bonchev–Trinajstić information content (AvgIpc) is 2.68. The van der Waals surface area contributed by atoms with Crippen molar-refractivity contribution in [2.75, 3.05) is 20.1 Å². The SMILES string of the molecule is CN1CC(CN)CC1c1c(Br)cc(O)c(O)c1F. The zero-order valence-electron chi connectivity index (χ0n) is 10.0. The maximum Gasteiger partial charge on any atom is 0.194 e. The van der Waals surface area contributed by atoms with Gasteiger partial charge in [-0.2, -0.15) is 0 Å². The second-order valence-electron chi connectivity index (χ2n) is 4.75. The van der Waals surface area contributed by atoms with Crippen LogP contribution in [0.1, 0.15) is 18.0 Å². The number of halogens is 2. The molecule has 1 aromatic carbocycles. The molecule has 1 aliphatic rings. The van der Waals surface area contributed by atoms with Gasteiger partial charge < -0.3 is 15.9 Å². The Hall–Kier alpha value is -0.850. The van der Waals surface area contributed by atoms with E-state index in [1.807, 2.05) is 11.9 Å². The summed E-state index contributed by atoms with van der Waals surface area (Å²) in [5, 5.41) is 18.9. The number of phenolic OH excluding ortho intramolecular Hbond substituents is 2. The van der Waals surface area contributed by atoms with Gasteiger partial charge in [0, 0.05) is 22.6 Å². The van der Waals surface area contributed by atoms with Crippen molar-refractivity contribution in [2.45, 2.75) is 12.5 Å². The Morgan fingerprint density at radius 3 is 2.78 bits per heavy atom. The van der Waals surface area contributed by atoms with Gasteiger partial charge in [-0.3, -0.25) is 4.90 Å². The van der Waals surface area contributed by atoms with E-state index in [1.54, 1.807) is 0 Å². The summed E-state index contributed by atoms with van der Waals surface area (Å²) in [4.78, 5) is 2.01. The molecule has 1 saturated heterocycles. The lowest BCUT2D eigenvalue weighted by atomic mass is 9.99. The highest BCUT2D eigenvalue weighted by Gasteiger charge is 2.34. The summed E-state index contributed by atoms with van der Waals surface area (Å²) in [7, 11) is 1.90. The topological polar surface area (TPSA) is 69.7 Å². The lowest BCUT2D eigenvalue weighted by molar-refractivity contribution is 0.300. The average molecular weight is 319 g/mol. The summed E-state index contributed by atoms with van der Waals surface area (Å²) in [6.07, 6.45) is 0.743. The van der Waals surface area contributed by atoms with Gasteiger partial charge in [0.05, 0.1) is 0 Å². The fourth-order valence-electron chi connectivity index (χ4n) is 2.53. The lowest BCUT2D eigenvalue weighted by Gasteiger charge is -2.22. The lowest BCUT2D eigenvalue weighted by Crippen LogP contribution is -2.21. The maximum absolute atomic E-state index is 14.1. The molecule has 6 heteroatoms. The minimum absolute atomic E-state index is 0.139. The smallest absolute Gasteiger partial charge is 0.194 e. The molecule has 1 aromatic rings. The fraction of sp³-hybridized carbons (Fsp3) is 0.500. The minimum Gasteiger partial charge on any atom is -0.504 e. The molecular formula is C12H16BrFN2O2. The Morgan fingerprint density at radius 1 is 1.56 bits per heavy atom. The summed E-state index contributed by atoms with van der Waals surface area (Å²) in [5.74, 6) is -1.60. The number of benzene rings is 1. The van der Waals surface area contributed by atoms with Crippen LogP contribution in [0.5, 0.6) is 11.5 Å². The molecule has 0 spiro atoms. The van der Waals surface area contributed by atoms with E-state index in [-0.39, 0.29) is 6.04 Å². The number of phenols is 2. The molecule has 1 fully saturated rings. The van der Waals surface area contributed by atoms with Crippen LogP contribution in [0.25, 0.3) is 0 Å². The van der Waals surface area contributed by atoms with Gasteiger partial charge in [0.2, 0.25) is 0 Å². The molecule has 0 bridgehead atoms. The van der Waals surface area contributed by atoms with E-state index < -0.39 is 17.3 Å². The highest BCUT2D eigenvalue weighted by molar-refractivity contribution is 9.10. The molecule has 0 aliphatic carbocycles. The first-order chi connectivity index (χ1) is 8.45. The van der Waals surface area contributed by atoms with Crippen LogP contribution < -0.4 is 5.73 Å². The zero-order chi connectivity index (χ0) is 13.4. The van der Waals surface area contributed by atoms with Crippen molar-refractivity contribution >= 4 is 15.9 Å². The molecule has 0 aromatic heterocycles. The molecule has 0 radical (unpaired) electrons. The number of likely N-dealkylation sites (tertiary alicyclic amines) is 1. The first-order valence-electron chi connectivity index (χ1n) is 5.75. The largest absolute Gasteiger partial charge is 0.504 e. The summed E-state index contributed by atoms with van der Waals surface area (Å²) in [6.45, 7) is 1.36. The second-order valence-corrected chi connectivity index (χ2v) is 5.60. The third-order valence-electron chi connectivity index (χ3n) is 3.51. The fourth-order valence-corrected chi connectivity index (χ4v) is 3.19. The summed E-state index contributed by atoms with van der Waals surface area (Å²) in [6, 6.07) is 1.18. The molecular weight excluding hydrogens is 303 g/mol. The first-order valence-corrected chi connectivity index (χ1v) is 6.55. The third kappa shape index (κ3) is 2.20. The van der Waals surface area contributed by atoms with Gasteiger partial charge in [-0.25, -0.2) is 4.39 Å². The van der Waals surface area contributed by atoms with Crippen LogP contribution in [0.15, 0.2) is 10.5 Å². The Kier molecular flexibility index (Phi) is 3.79. The Bertz CT molecular complexity index is 470. The molecule has 1 aliphatic heterocycles. The van der Waals surface area contributed by atoms with Gasteiger partial charge in [-0.15, -0.1) is 0 Å². The molecule has 1 heterocycles. The Morgan fingerprint density at radius 2 is 2.22 bits per heavy atom. The van der Waals surface area contributed by atoms with Crippen molar-refractivity contribution in [1.29, 1.82) is 0 Å². The number of nitrogens with two attached hydrogens (primary N) is 1. The van der Waals surface area contributed by atoms with Crippen molar-refractivity contribution in [3.63, 3.8) is 0 Å². The number of nitrogens with zero attached hydrogens (tertiary/aromatic N) is 1. The molecule has 100 valence electrons. The molecule has 0 saturated carbocycles. The zero-order valence-corrected chi connectivity index (χ0v) is 11.6. The van der Waals surface area contributed by atoms with Crippen LogP contribution in [0.4, 0.5) is 4.39 Å². The van der Waals surface area contributed by atoms with Gasteiger partial charge in [-0.1, -0.05) is 15.9 Å². The maximum atomic E-state index is 14.1. The summed E-state index contributed by atoms with van der Waals surface area (Å²) >= 11 is 3.24. The predicted octanol–water partition coefficient (Wildman–Crippen LogP) is 1.95. The van der Waals surface area contributed by atoms with Gasteiger partial charge in [-0.05, 0) is 32.0 Å². The van der Waals surface area contributed by atoms with Crippen LogP contribution in [0.3, 0.4) is 0 Å². The van der Waals surface area contributed by atoms with E-state index in [9.17, 15) is 14.6 Å².